The first-order chi connectivity index (χ1) is 8.06. The number of esters is 1. The van der Waals surface area contributed by atoms with Crippen molar-refractivity contribution in [2.24, 2.45) is 5.73 Å². The van der Waals surface area contributed by atoms with E-state index in [0.29, 0.717) is 18.8 Å². The Bertz CT molecular complexity index is 357. The second-order valence-electron chi connectivity index (χ2n) is 3.78. The van der Waals surface area contributed by atoms with E-state index in [1.807, 2.05) is 6.07 Å². The van der Waals surface area contributed by atoms with Crippen LogP contribution in [0.25, 0.3) is 0 Å². The van der Waals surface area contributed by atoms with E-state index < -0.39 is 5.54 Å². The fourth-order valence-corrected chi connectivity index (χ4v) is 2.14. The normalized spacial score (nSPS) is 14.1. The molecule has 1 atom stereocenters. The molecule has 0 fully saturated rings. The summed E-state index contributed by atoms with van der Waals surface area (Å²) >= 11 is 1.54. The Morgan fingerprint density at radius 1 is 1.65 bits per heavy atom. The van der Waals surface area contributed by atoms with Crippen LogP contribution in [0.4, 0.5) is 0 Å². The Kier molecular flexibility index (Phi) is 5.37. The molecule has 0 aliphatic carbocycles. The van der Waals surface area contributed by atoms with E-state index in [1.54, 1.807) is 31.8 Å². The van der Waals surface area contributed by atoms with Gasteiger partial charge in [-0.05, 0) is 26.3 Å². The van der Waals surface area contributed by atoms with Gasteiger partial charge in [-0.1, -0.05) is 0 Å². The number of aromatic nitrogens is 2. The quantitative estimate of drug-likeness (QED) is 0.468. The van der Waals surface area contributed by atoms with Crippen molar-refractivity contribution >= 4 is 17.7 Å². The summed E-state index contributed by atoms with van der Waals surface area (Å²) in [7, 11) is 0. The largest absolute Gasteiger partial charge is 0.465 e. The molecule has 0 spiro atoms. The number of thioether (sulfide) groups is 1. The van der Waals surface area contributed by atoms with Crippen LogP contribution in [0.5, 0.6) is 0 Å². The number of hydrogen-bond acceptors (Lipinski definition) is 6. The molecular formula is C11H17N3O2S. The molecule has 0 amide bonds. The van der Waals surface area contributed by atoms with Gasteiger partial charge in [0, 0.05) is 11.9 Å². The zero-order valence-electron chi connectivity index (χ0n) is 10.0. The average Bonchev–Trinajstić information content (AvgIpc) is 2.30. The number of hydrogen-bond donors (Lipinski definition) is 1. The van der Waals surface area contributed by atoms with Crippen molar-refractivity contribution in [2.45, 2.75) is 30.8 Å². The minimum atomic E-state index is -0.934. The van der Waals surface area contributed by atoms with E-state index >= 15 is 0 Å². The molecule has 17 heavy (non-hydrogen) atoms. The Balaban J connectivity index is 2.37. The SMILES string of the molecule is CCOC(=O)C(C)(N)CCSc1ccncn1. The van der Waals surface area contributed by atoms with E-state index in [0.717, 1.165) is 5.03 Å². The van der Waals surface area contributed by atoms with Crippen LogP contribution in [-0.4, -0.2) is 33.8 Å². The number of carbonyl (C=O) groups is 1. The minimum Gasteiger partial charge on any atom is -0.465 e. The first-order valence-electron chi connectivity index (χ1n) is 5.41. The summed E-state index contributed by atoms with van der Waals surface area (Å²) in [5, 5.41) is 0.875. The fraction of sp³-hybridized carbons (Fsp3) is 0.545. The van der Waals surface area contributed by atoms with E-state index in [2.05, 4.69) is 9.97 Å². The third-order valence-electron chi connectivity index (χ3n) is 2.17. The monoisotopic (exact) mass is 255 g/mol. The lowest BCUT2D eigenvalue weighted by atomic mass is 10.0. The maximum atomic E-state index is 11.5. The summed E-state index contributed by atoms with van der Waals surface area (Å²) in [5.41, 5.74) is 4.96. The highest BCUT2D eigenvalue weighted by Crippen LogP contribution is 2.19. The van der Waals surface area contributed by atoms with Gasteiger partial charge in [-0.25, -0.2) is 9.97 Å². The van der Waals surface area contributed by atoms with Crippen molar-refractivity contribution in [3.05, 3.63) is 18.6 Å². The molecule has 2 N–H and O–H groups in total. The van der Waals surface area contributed by atoms with Crippen molar-refractivity contribution in [1.82, 2.24) is 9.97 Å². The van der Waals surface area contributed by atoms with Gasteiger partial charge in [0.2, 0.25) is 0 Å². The molecule has 1 aromatic rings. The Hall–Kier alpha value is -1.14. The van der Waals surface area contributed by atoms with Gasteiger partial charge >= 0.3 is 5.97 Å². The Labute approximate surface area is 105 Å². The molecule has 6 heteroatoms. The summed E-state index contributed by atoms with van der Waals surface area (Å²) in [6.45, 7) is 3.81. The number of ether oxygens (including phenoxy) is 1. The number of carbonyl (C=O) groups excluding carboxylic acids is 1. The topological polar surface area (TPSA) is 78.1 Å². The lowest BCUT2D eigenvalue weighted by Gasteiger charge is -2.21. The molecule has 0 aromatic carbocycles. The standard InChI is InChI=1S/C11H17N3O2S/c1-3-16-10(15)11(2,12)5-7-17-9-4-6-13-8-14-9/h4,6,8H,3,5,7,12H2,1-2H3. The molecule has 5 nitrogen and oxygen atoms in total. The summed E-state index contributed by atoms with van der Waals surface area (Å²) in [6, 6.07) is 1.82. The van der Waals surface area contributed by atoms with Gasteiger partial charge in [0.1, 0.15) is 11.9 Å². The van der Waals surface area contributed by atoms with Gasteiger partial charge in [0.15, 0.2) is 0 Å². The van der Waals surface area contributed by atoms with Gasteiger partial charge in [-0.15, -0.1) is 11.8 Å². The summed E-state index contributed by atoms with van der Waals surface area (Å²) in [4.78, 5) is 19.4. The molecule has 1 aromatic heterocycles. The second-order valence-corrected chi connectivity index (χ2v) is 4.90. The van der Waals surface area contributed by atoms with Gasteiger partial charge in [-0.3, -0.25) is 4.79 Å². The fourth-order valence-electron chi connectivity index (χ4n) is 1.13. The van der Waals surface area contributed by atoms with Crippen LogP contribution in [-0.2, 0) is 9.53 Å². The lowest BCUT2D eigenvalue weighted by Crippen LogP contribution is -2.46. The van der Waals surface area contributed by atoms with Crippen LogP contribution >= 0.6 is 11.8 Å². The molecule has 0 saturated heterocycles. The first kappa shape index (κ1) is 13.9. The predicted octanol–water partition coefficient (Wildman–Crippen LogP) is 1.24. The van der Waals surface area contributed by atoms with Gasteiger partial charge in [0.25, 0.3) is 0 Å². The van der Waals surface area contributed by atoms with Crippen molar-refractivity contribution in [3.8, 4) is 0 Å². The smallest absolute Gasteiger partial charge is 0.325 e. The molecule has 1 unspecified atom stereocenters. The van der Waals surface area contributed by atoms with Crippen LogP contribution < -0.4 is 5.73 Å². The maximum absolute atomic E-state index is 11.5. The third kappa shape index (κ3) is 4.70. The summed E-state index contributed by atoms with van der Waals surface area (Å²) < 4.78 is 4.91. The van der Waals surface area contributed by atoms with E-state index in [-0.39, 0.29) is 5.97 Å². The minimum absolute atomic E-state index is 0.352. The highest BCUT2D eigenvalue weighted by Gasteiger charge is 2.29. The molecule has 1 rings (SSSR count). The molecule has 0 bridgehead atoms. The predicted molar refractivity (Wildman–Crippen MR) is 66.6 cm³/mol. The third-order valence-corrected chi connectivity index (χ3v) is 3.11. The van der Waals surface area contributed by atoms with Crippen LogP contribution in [0.2, 0.25) is 0 Å². The molecule has 0 radical (unpaired) electrons. The molecule has 0 aliphatic rings. The molecule has 0 aliphatic heterocycles. The highest BCUT2D eigenvalue weighted by molar-refractivity contribution is 7.99. The van der Waals surface area contributed by atoms with Crippen LogP contribution in [0, 0.1) is 0 Å². The highest BCUT2D eigenvalue weighted by atomic mass is 32.2. The van der Waals surface area contributed by atoms with Crippen molar-refractivity contribution in [3.63, 3.8) is 0 Å². The van der Waals surface area contributed by atoms with Gasteiger partial charge in [-0.2, -0.15) is 0 Å². The molecule has 1 heterocycles. The number of nitrogens with zero attached hydrogens (tertiary/aromatic N) is 2. The van der Waals surface area contributed by atoms with Gasteiger partial charge < -0.3 is 10.5 Å². The van der Waals surface area contributed by atoms with Crippen molar-refractivity contribution in [2.75, 3.05) is 12.4 Å². The maximum Gasteiger partial charge on any atom is 0.325 e. The average molecular weight is 255 g/mol. The summed E-state index contributed by atoms with van der Waals surface area (Å²) in [6.07, 6.45) is 3.72. The zero-order chi connectivity index (χ0) is 12.7. The van der Waals surface area contributed by atoms with Crippen molar-refractivity contribution < 1.29 is 9.53 Å². The van der Waals surface area contributed by atoms with E-state index in [1.165, 1.54) is 6.33 Å². The lowest BCUT2D eigenvalue weighted by molar-refractivity contribution is -0.149. The zero-order valence-corrected chi connectivity index (χ0v) is 10.9. The summed E-state index contributed by atoms with van der Waals surface area (Å²) in [5.74, 6) is 0.353. The molecular weight excluding hydrogens is 238 g/mol. The second kappa shape index (κ2) is 6.56. The van der Waals surface area contributed by atoms with Gasteiger partial charge in [0.05, 0.1) is 11.6 Å². The van der Waals surface area contributed by atoms with Crippen LogP contribution in [0.1, 0.15) is 20.3 Å². The Morgan fingerprint density at radius 2 is 2.41 bits per heavy atom. The van der Waals surface area contributed by atoms with Crippen LogP contribution in [0.3, 0.4) is 0 Å². The van der Waals surface area contributed by atoms with E-state index in [9.17, 15) is 4.79 Å². The molecule has 94 valence electrons. The number of rotatable bonds is 6. The molecule has 0 saturated carbocycles. The number of nitrogens with two attached hydrogens (primary N) is 1. The van der Waals surface area contributed by atoms with E-state index in [4.69, 9.17) is 10.5 Å². The Morgan fingerprint density at radius 3 is 3.00 bits per heavy atom. The van der Waals surface area contributed by atoms with Crippen LogP contribution in [0.15, 0.2) is 23.6 Å². The van der Waals surface area contributed by atoms with Crippen molar-refractivity contribution in [1.29, 1.82) is 0 Å². The first-order valence-corrected chi connectivity index (χ1v) is 6.39.